The monoisotopic (exact) mass is 436 g/mol. The van der Waals surface area contributed by atoms with Gasteiger partial charge in [0, 0.05) is 11.6 Å². The molecule has 2 aromatic carbocycles. The molecule has 0 aromatic heterocycles. The molecule has 1 atom stereocenters. The zero-order valence-electron chi connectivity index (χ0n) is 17.4. The molecule has 0 radical (unpaired) electrons. The van der Waals surface area contributed by atoms with Gasteiger partial charge in [0.2, 0.25) is 15.9 Å². The van der Waals surface area contributed by atoms with Gasteiger partial charge in [-0.1, -0.05) is 56.6 Å². The lowest BCUT2D eigenvalue weighted by atomic mass is 10.0. The summed E-state index contributed by atoms with van der Waals surface area (Å²) in [7, 11) is -3.68. The Kier molecular flexibility index (Phi) is 8.11. The average Bonchev–Trinajstić information content (AvgIpc) is 2.68. The predicted octanol–water partition coefficient (Wildman–Crippen LogP) is 4.33. The van der Waals surface area contributed by atoms with Crippen molar-refractivity contribution in [3.05, 3.63) is 64.2 Å². The van der Waals surface area contributed by atoms with Gasteiger partial charge in [0.15, 0.2) is 0 Å². The minimum absolute atomic E-state index is 0.332. The Morgan fingerprint density at radius 2 is 1.79 bits per heavy atom. The molecule has 158 valence electrons. The first-order valence-corrected chi connectivity index (χ1v) is 12.1. The summed E-state index contributed by atoms with van der Waals surface area (Å²) >= 11 is 6.05. The molecule has 29 heavy (non-hydrogen) atoms. The number of nitrogens with zero attached hydrogens (tertiary/aromatic N) is 1. The number of carbonyl (C=O) groups is 1. The van der Waals surface area contributed by atoms with Crippen molar-refractivity contribution in [2.75, 3.05) is 10.6 Å². The van der Waals surface area contributed by atoms with E-state index >= 15 is 0 Å². The molecule has 5 nitrogen and oxygen atoms in total. The second kappa shape index (κ2) is 10.1. The lowest BCUT2D eigenvalue weighted by molar-refractivity contribution is -0.122. The van der Waals surface area contributed by atoms with Crippen LogP contribution >= 0.6 is 11.6 Å². The van der Waals surface area contributed by atoms with Crippen LogP contribution in [0.1, 0.15) is 43.9 Å². The first kappa shape index (κ1) is 23.2. The lowest BCUT2D eigenvalue weighted by Crippen LogP contribution is -2.49. The Labute approximate surface area is 179 Å². The third-order valence-electron chi connectivity index (χ3n) is 4.91. The Balaban J connectivity index is 2.29. The van der Waals surface area contributed by atoms with Gasteiger partial charge in [-0.3, -0.25) is 9.10 Å². The number of benzene rings is 2. The summed E-state index contributed by atoms with van der Waals surface area (Å²) in [5.41, 5.74) is 3.81. The van der Waals surface area contributed by atoms with E-state index in [1.165, 1.54) is 11.1 Å². The van der Waals surface area contributed by atoms with Crippen molar-refractivity contribution in [2.45, 2.75) is 52.6 Å². The van der Waals surface area contributed by atoms with Crippen molar-refractivity contribution < 1.29 is 13.2 Å². The molecule has 0 aliphatic rings. The molecule has 0 spiro atoms. The van der Waals surface area contributed by atoms with Gasteiger partial charge in [-0.25, -0.2) is 8.42 Å². The number of nitrogens with one attached hydrogen (secondary N) is 1. The van der Waals surface area contributed by atoms with Gasteiger partial charge in [0.1, 0.15) is 6.04 Å². The molecule has 0 heterocycles. The molecule has 1 amide bonds. The number of rotatable bonds is 9. The van der Waals surface area contributed by atoms with E-state index < -0.39 is 16.1 Å². The van der Waals surface area contributed by atoms with E-state index in [-0.39, 0.29) is 5.91 Å². The smallest absolute Gasteiger partial charge is 0.244 e. The minimum atomic E-state index is -3.68. The molecule has 2 rings (SSSR count). The quantitative estimate of drug-likeness (QED) is 0.636. The summed E-state index contributed by atoms with van der Waals surface area (Å²) in [6.07, 6.45) is 3.22. The first-order chi connectivity index (χ1) is 13.7. The lowest BCUT2D eigenvalue weighted by Gasteiger charge is -2.30. The van der Waals surface area contributed by atoms with Crippen LogP contribution in [-0.4, -0.2) is 26.6 Å². The van der Waals surface area contributed by atoms with Crippen LogP contribution in [-0.2, 0) is 34.2 Å². The fourth-order valence-electron chi connectivity index (χ4n) is 3.38. The van der Waals surface area contributed by atoms with Crippen molar-refractivity contribution in [3.8, 4) is 0 Å². The Morgan fingerprint density at radius 3 is 2.34 bits per heavy atom. The Hall–Kier alpha value is -2.05. The van der Waals surface area contributed by atoms with Gasteiger partial charge in [-0.15, -0.1) is 0 Å². The van der Waals surface area contributed by atoms with E-state index in [2.05, 4.69) is 37.4 Å². The molecule has 0 aliphatic heterocycles. The van der Waals surface area contributed by atoms with E-state index in [1.54, 1.807) is 31.2 Å². The zero-order chi connectivity index (χ0) is 21.6. The SMILES string of the molecule is CCc1ccc(CC)c(CNC(=O)[C@@H](CC)N(c2cccc(Cl)c2)S(C)(=O)=O)c1. The number of halogens is 1. The number of sulfonamides is 1. The van der Waals surface area contributed by atoms with Crippen molar-refractivity contribution in [2.24, 2.45) is 0 Å². The number of amides is 1. The van der Waals surface area contributed by atoms with Gasteiger partial charge in [-0.2, -0.15) is 0 Å². The van der Waals surface area contributed by atoms with E-state index in [9.17, 15) is 13.2 Å². The summed E-state index contributed by atoms with van der Waals surface area (Å²) in [6.45, 7) is 6.32. The highest BCUT2D eigenvalue weighted by Crippen LogP contribution is 2.25. The predicted molar refractivity (Wildman–Crippen MR) is 120 cm³/mol. The maximum Gasteiger partial charge on any atom is 0.244 e. The summed E-state index contributed by atoms with van der Waals surface area (Å²) in [4.78, 5) is 13.0. The van der Waals surface area contributed by atoms with Crippen LogP contribution in [0.15, 0.2) is 42.5 Å². The van der Waals surface area contributed by atoms with Crippen LogP contribution in [0.5, 0.6) is 0 Å². The number of aryl methyl sites for hydroxylation is 2. The molecule has 1 N–H and O–H groups in total. The normalized spacial score (nSPS) is 12.4. The van der Waals surface area contributed by atoms with Crippen LogP contribution in [0.25, 0.3) is 0 Å². The van der Waals surface area contributed by atoms with Crippen LogP contribution in [0.2, 0.25) is 5.02 Å². The molecular weight excluding hydrogens is 408 g/mol. The molecule has 2 aromatic rings. The number of hydrogen-bond acceptors (Lipinski definition) is 3. The second-order valence-electron chi connectivity index (χ2n) is 6.99. The Bertz CT molecular complexity index is 960. The highest BCUT2D eigenvalue weighted by atomic mass is 35.5. The summed E-state index contributed by atoms with van der Waals surface area (Å²) in [5, 5.41) is 3.35. The zero-order valence-corrected chi connectivity index (χ0v) is 19.0. The molecule has 0 unspecified atom stereocenters. The molecule has 0 bridgehead atoms. The average molecular weight is 437 g/mol. The van der Waals surface area contributed by atoms with E-state index in [1.807, 2.05) is 0 Å². The molecular formula is C22H29ClN2O3S. The van der Waals surface area contributed by atoms with Crippen molar-refractivity contribution in [3.63, 3.8) is 0 Å². The summed E-state index contributed by atoms with van der Waals surface area (Å²) in [5.74, 6) is -0.332. The minimum Gasteiger partial charge on any atom is -0.350 e. The van der Waals surface area contributed by atoms with E-state index in [4.69, 9.17) is 11.6 Å². The summed E-state index contributed by atoms with van der Waals surface area (Å²) in [6, 6.07) is 12.0. The van der Waals surface area contributed by atoms with Crippen molar-refractivity contribution in [1.82, 2.24) is 5.32 Å². The molecule has 0 fully saturated rings. The Morgan fingerprint density at radius 1 is 1.07 bits per heavy atom. The van der Waals surface area contributed by atoms with Crippen LogP contribution in [0.4, 0.5) is 5.69 Å². The highest BCUT2D eigenvalue weighted by Gasteiger charge is 2.31. The van der Waals surface area contributed by atoms with Gasteiger partial charge >= 0.3 is 0 Å². The number of hydrogen-bond donors (Lipinski definition) is 1. The third-order valence-corrected chi connectivity index (χ3v) is 6.32. The topological polar surface area (TPSA) is 66.5 Å². The molecule has 0 aliphatic carbocycles. The number of anilines is 1. The fraction of sp³-hybridized carbons (Fsp3) is 0.409. The van der Waals surface area contributed by atoms with Crippen LogP contribution in [0, 0.1) is 0 Å². The van der Waals surface area contributed by atoms with Crippen LogP contribution < -0.4 is 9.62 Å². The second-order valence-corrected chi connectivity index (χ2v) is 9.29. The van der Waals surface area contributed by atoms with Gasteiger partial charge < -0.3 is 5.32 Å². The maximum absolute atomic E-state index is 13.0. The third kappa shape index (κ3) is 5.97. The fourth-order valence-corrected chi connectivity index (χ4v) is 4.77. The van der Waals surface area contributed by atoms with Crippen molar-refractivity contribution in [1.29, 1.82) is 0 Å². The van der Waals surface area contributed by atoms with Crippen molar-refractivity contribution >= 4 is 33.2 Å². The van der Waals surface area contributed by atoms with E-state index in [0.717, 1.165) is 29.0 Å². The van der Waals surface area contributed by atoms with Crippen LogP contribution in [0.3, 0.4) is 0 Å². The first-order valence-electron chi connectivity index (χ1n) is 9.84. The summed E-state index contributed by atoms with van der Waals surface area (Å²) < 4.78 is 26.2. The molecule has 0 saturated heterocycles. The standard InChI is InChI=1S/C22H29ClN2O3S/c1-5-16-11-12-17(6-2)18(13-16)15-24-22(26)21(7-3)25(29(4,27)28)20-10-8-9-19(23)14-20/h8-14,21H,5-7,15H2,1-4H3,(H,24,26)/t21-/m1/s1. The molecule has 7 heteroatoms. The molecule has 0 saturated carbocycles. The van der Waals surface area contributed by atoms with Gasteiger partial charge in [0.25, 0.3) is 0 Å². The van der Waals surface area contributed by atoms with Gasteiger partial charge in [0.05, 0.1) is 11.9 Å². The number of carbonyl (C=O) groups excluding carboxylic acids is 1. The van der Waals surface area contributed by atoms with Gasteiger partial charge in [-0.05, 0) is 54.2 Å². The van der Waals surface area contributed by atoms with E-state index in [0.29, 0.717) is 23.7 Å². The highest BCUT2D eigenvalue weighted by molar-refractivity contribution is 7.92. The largest absolute Gasteiger partial charge is 0.350 e. The maximum atomic E-state index is 13.0.